The Hall–Kier alpha value is -5.35. The highest BCUT2D eigenvalue weighted by Crippen LogP contribution is 2.68. The Bertz CT molecular complexity index is 3160. The van der Waals surface area contributed by atoms with E-state index in [2.05, 4.69) is 69.8 Å². The molecule has 1 aromatic heterocycles. The molecular formula is C61H78Cl4N6O9. The number of hydrogen-bond acceptors (Lipinski definition) is 10. The number of ketones is 2. The number of carbonyl (C=O) groups excluding carboxylic acids is 6. The second-order valence-corrected chi connectivity index (χ2v) is 28.1. The Morgan fingerprint density at radius 3 is 1.55 bits per heavy atom. The van der Waals surface area contributed by atoms with E-state index < -0.39 is 51.8 Å². The van der Waals surface area contributed by atoms with Gasteiger partial charge in [0.05, 0.1) is 38.0 Å². The number of benzene rings is 3. The zero-order valence-corrected chi connectivity index (χ0v) is 51.7. The van der Waals surface area contributed by atoms with Crippen LogP contribution in [0, 0.1) is 50.7 Å². The van der Waals surface area contributed by atoms with Crippen LogP contribution in [0.2, 0.25) is 15.1 Å². The number of anilines is 2. The van der Waals surface area contributed by atoms with E-state index in [0.717, 1.165) is 60.5 Å². The first kappa shape index (κ1) is 62.3. The van der Waals surface area contributed by atoms with E-state index in [1.54, 1.807) is 88.7 Å². The average molecular weight is 1180 g/mol. The van der Waals surface area contributed by atoms with E-state index in [0.29, 0.717) is 27.3 Å². The molecule has 3 aromatic carbocycles. The maximum Gasteiger partial charge on any atom is 0.427 e. The molecule has 1 heterocycles. The Morgan fingerprint density at radius 2 is 1.09 bits per heavy atom. The van der Waals surface area contributed by atoms with Gasteiger partial charge in [-0.3, -0.25) is 34.5 Å². The van der Waals surface area contributed by atoms with Gasteiger partial charge in [0.15, 0.2) is 11.6 Å². The predicted molar refractivity (Wildman–Crippen MR) is 314 cm³/mol. The standard InChI is InChI=1S/C22H29ClN2O4.C17H19ClN2O.C11H15ClN2O2.C11H15ClO2/c1-20(2,3)29-19(28)24-25(15-10-8-7-9-14(15)23)18(27)16-13-11-12-22(6,17(16)26)21(13,4)5;1-16(2)10-8-9-17(16,3)14-13(10)15(21)20(19-14)12-7-5-4-6-11(12)18;1-11(2,3)16-10(15)14-13-9-7-5-4-6-8(9)12;1-10(2)6-4-5-11(10,3)8(13)7(6)9(12)14/h7-10,13,16H,11-12H2,1-6H3,(H,24,28);4-7,10,19H,8-9H2,1-3H3;4-7,13H,1-3H3,(H,14,15);6-7H,4-5H2,1-3H3/t13-,16?,22+;10-,17+;;6-,7?,11+/m11.1/s1. The summed E-state index contributed by atoms with van der Waals surface area (Å²) >= 11 is 24.0. The van der Waals surface area contributed by atoms with Gasteiger partial charge >= 0.3 is 12.2 Å². The Kier molecular flexibility index (Phi) is 17.2. The molecule has 0 radical (unpaired) electrons. The molecule has 4 N–H and O–H groups in total. The predicted octanol–water partition coefficient (Wildman–Crippen LogP) is 14.3. The van der Waals surface area contributed by atoms with Gasteiger partial charge in [-0.2, -0.15) is 0 Å². The normalized spacial score (nSPS) is 27.5. The fourth-order valence-corrected chi connectivity index (χ4v) is 14.4. The Labute approximate surface area is 490 Å². The SMILES string of the molecule is CC(C)(C)OC(=O)NN(C(=O)C1C(=O)[C@]2(C)CC[C@H]1C2(C)C)c1ccccc1Cl.CC(C)(C)OC(=O)NNc1ccccc1Cl.CC1(C)[C@@H]2CC[C@@]1(C)C(=O)C2C(=O)Cl.CC1(C)[C@@H]2CC[C@@]1(C)c1[nH]n(-c3ccccc3Cl)c(=O)c12. The van der Waals surface area contributed by atoms with Gasteiger partial charge in [0, 0.05) is 27.5 Å². The smallest absolute Gasteiger partial charge is 0.427 e. The molecule has 4 aromatic rings. The van der Waals surface area contributed by atoms with E-state index in [1.165, 1.54) is 0 Å². The minimum Gasteiger partial charge on any atom is -0.443 e. The van der Waals surface area contributed by atoms with Gasteiger partial charge in [-0.1, -0.05) is 134 Å². The first-order chi connectivity index (χ1) is 36.9. The topological polar surface area (TPSA) is 198 Å². The number of para-hydroxylation sites is 3. The number of Topliss-reactive ketones (excluding diaryl/α,β-unsaturated/α-hetero) is 2. The van der Waals surface area contributed by atoms with Gasteiger partial charge < -0.3 is 9.47 Å². The van der Waals surface area contributed by atoms with E-state index in [1.807, 2.05) is 44.2 Å². The summed E-state index contributed by atoms with van der Waals surface area (Å²) < 4.78 is 12.0. The van der Waals surface area contributed by atoms with Crippen molar-refractivity contribution in [2.45, 2.75) is 165 Å². The molecule has 5 fully saturated rings. The zero-order chi connectivity index (χ0) is 59.7. The Balaban J connectivity index is 0.000000160. The van der Waals surface area contributed by atoms with Crippen molar-refractivity contribution in [3.63, 3.8) is 0 Å². The van der Waals surface area contributed by atoms with Crippen LogP contribution < -0.4 is 26.8 Å². The number of amides is 3. The van der Waals surface area contributed by atoms with E-state index in [-0.39, 0.29) is 61.1 Å². The number of hydrazine groups is 2. The molecule has 10 rings (SSSR count). The van der Waals surface area contributed by atoms with Crippen molar-refractivity contribution in [2.24, 2.45) is 50.7 Å². The number of nitrogens with zero attached hydrogens (tertiary/aromatic N) is 2. The molecule has 5 saturated carbocycles. The third kappa shape index (κ3) is 11.1. The highest BCUT2D eigenvalue weighted by molar-refractivity contribution is 6.65. The lowest BCUT2D eigenvalue weighted by Gasteiger charge is -2.34. The van der Waals surface area contributed by atoms with Crippen LogP contribution >= 0.6 is 46.4 Å². The molecule has 0 aliphatic heterocycles. The highest BCUT2D eigenvalue weighted by atomic mass is 35.5. The number of halogens is 4. The largest absolute Gasteiger partial charge is 0.443 e. The Morgan fingerprint density at radius 1 is 0.613 bits per heavy atom. The van der Waals surface area contributed by atoms with Gasteiger partial charge in [-0.05, 0) is 162 Å². The van der Waals surface area contributed by atoms with Crippen LogP contribution in [-0.4, -0.2) is 55.9 Å². The lowest BCUT2D eigenvalue weighted by atomic mass is 9.70. The van der Waals surface area contributed by atoms with Crippen LogP contribution in [-0.2, 0) is 34.1 Å². The van der Waals surface area contributed by atoms with Gasteiger partial charge in [-0.15, -0.1) is 0 Å². The third-order valence-corrected chi connectivity index (χ3v) is 20.4. The number of aromatic nitrogens is 2. The van der Waals surface area contributed by atoms with Crippen molar-refractivity contribution in [3.8, 4) is 5.69 Å². The van der Waals surface area contributed by atoms with Gasteiger partial charge in [-0.25, -0.2) is 30.1 Å². The number of nitrogens with one attached hydrogen (secondary N) is 4. The maximum atomic E-state index is 13.6. The number of H-pyrrole nitrogens is 1. The highest BCUT2D eigenvalue weighted by Gasteiger charge is 2.69. The van der Waals surface area contributed by atoms with Crippen molar-refractivity contribution in [1.29, 1.82) is 0 Å². The second kappa shape index (κ2) is 22.1. The summed E-state index contributed by atoms with van der Waals surface area (Å²) in [6, 6.07) is 21.3. The monoisotopic (exact) mass is 1180 g/mol. The summed E-state index contributed by atoms with van der Waals surface area (Å²) in [4.78, 5) is 86.8. The maximum absolute atomic E-state index is 13.6. The molecule has 434 valence electrons. The summed E-state index contributed by atoms with van der Waals surface area (Å²) in [6.45, 7) is 29.6. The van der Waals surface area contributed by atoms with Crippen molar-refractivity contribution < 1.29 is 38.2 Å². The summed E-state index contributed by atoms with van der Waals surface area (Å²) in [6.07, 6.45) is 4.35. The number of fused-ring (bicyclic) bond motifs is 9. The average Bonchev–Trinajstić information content (AvgIpc) is 4.19. The first-order valence-electron chi connectivity index (χ1n) is 27.3. The lowest BCUT2D eigenvalue weighted by molar-refractivity contribution is -0.138. The van der Waals surface area contributed by atoms with Crippen LogP contribution in [0.25, 0.3) is 5.69 Å². The molecule has 15 nitrogen and oxygen atoms in total. The van der Waals surface area contributed by atoms with Crippen LogP contribution in [0.3, 0.4) is 0 Å². The second-order valence-electron chi connectivity index (χ2n) is 26.5. The molecule has 0 spiro atoms. The van der Waals surface area contributed by atoms with Crippen LogP contribution in [0.4, 0.5) is 21.0 Å². The van der Waals surface area contributed by atoms with E-state index in [4.69, 9.17) is 55.9 Å². The molecule has 80 heavy (non-hydrogen) atoms. The minimum absolute atomic E-state index is 0.0542. The molecule has 2 unspecified atom stereocenters. The van der Waals surface area contributed by atoms with Crippen molar-refractivity contribution in [3.05, 3.63) is 109 Å². The first-order valence-corrected chi connectivity index (χ1v) is 28.8. The van der Waals surface area contributed by atoms with E-state index in [9.17, 15) is 33.6 Å². The molecule has 6 aliphatic rings. The summed E-state index contributed by atoms with van der Waals surface area (Å²) in [7, 11) is 0. The van der Waals surface area contributed by atoms with Crippen molar-refractivity contribution in [1.82, 2.24) is 20.6 Å². The molecular weight excluding hydrogens is 1100 g/mol. The third-order valence-electron chi connectivity index (χ3n) is 19.2. The zero-order valence-electron chi connectivity index (χ0n) is 48.6. The number of aromatic amines is 1. The number of rotatable bonds is 6. The molecule has 8 atom stereocenters. The van der Waals surface area contributed by atoms with Crippen LogP contribution in [0.5, 0.6) is 0 Å². The van der Waals surface area contributed by atoms with Crippen LogP contribution in [0.1, 0.15) is 160 Å². The fourth-order valence-electron chi connectivity index (χ4n) is 13.6. The number of hydrogen-bond donors (Lipinski definition) is 4. The van der Waals surface area contributed by atoms with Crippen molar-refractivity contribution in [2.75, 3.05) is 10.4 Å². The van der Waals surface area contributed by atoms with Gasteiger partial charge in [0.1, 0.15) is 17.1 Å². The summed E-state index contributed by atoms with van der Waals surface area (Å²) in [5.41, 5.74) is 9.13. The number of ether oxygens (including phenoxy) is 2. The fraction of sp³-hybridized carbons (Fsp3) is 0.557. The quantitative estimate of drug-likeness (QED) is 0.0819. The summed E-state index contributed by atoms with van der Waals surface area (Å²) in [5.74, 6) is -1.41. The summed E-state index contributed by atoms with van der Waals surface area (Å²) in [5, 5.41) is 5.40. The minimum atomic E-state index is -0.824. The van der Waals surface area contributed by atoms with Crippen LogP contribution in [0.15, 0.2) is 77.6 Å². The molecule has 3 amide bonds. The van der Waals surface area contributed by atoms with E-state index >= 15 is 0 Å². The van der Waals surface area contributed by atoms with Crippen molar-refractivity contribution >= 4 is 92.7 Å². The molecule has 0 saturated heterocycles. The van der Waals surface area contributed by atoms with Gasteiger partial charge in [0.2, 0.25) is 5.24 Å². The van der Waals surface area contributed by atoms with Gasteiger partial charge in [0.25, 0.3) is 11.5 Å². The lowest BCUT2D eigenvalue weighted by Crippen LogP contribution is -2.53. The molecule has 19 heteroatoms. The molecule has 6 aliphatic carbocycles. The number of carbonyl (C=O) groups is 6. The molecule has 6 bridgehead atoms.